The van der Waals surface area contributed by atoms with E-state index in [0.29, 0.717) is 0 Å². The van der Waals surface area contributed by atoms with Gasteiger partial charge in [0.2, 0.25) is 5.78 Å². The van der Waals surface area contributed by atoms with Crippen LogP contribution in [0.5, 0.6) is 0 Å². The third kappa shape index (κ3) is 1.82. The molecule has 1 aliphatic rings. The Balaban J connectivity index is 2.38. The van der Waals surface area contributed by atoms with Crippen LogP contribution < -0.4 is 0 Å². The third-order valence-electron chi connectivity index (χ3n) is 3.10. The Morgan fingerprint density at radius 3 is 2.35 bits per heavy atom. The molecule has 0 radical (unpaired) electrons. The largest absolute Gasteiger partial charge is 0.461 e. The molecule has 2 heterocycles. The van der Waals surface area contributed by atoms with Gasteiger partial charge >= 0.3 is 0 Å². The van der Waals surface area contributed by atoms with E-state index in [4.69, 9.17) is 9.15 Å². The van der Waals surface area contributed by atoms with E-state index in [-0.39, 0.29) is 17.3 Å². The number of hydrogen-bond acceptors (Lipinski definition) is 4. The van der Waals surface area contributed by atoms with Gasteiger partial charge in [0.05, 0.1) is 11.9 Å². The summed E-state index contributed by atoms with van der Waals surface area (Å²) in [5, 5.41) is 0. The van der Waals surface area contributed by atoms with E-state index in [1.54, 1.807) is 39.8 Å². The normalized spacial score (nSPS) is 26.1. The zero-order chi connectivity index (χ0) is 12.8. The molecule has 92 valence electrons. The number of hydrogen-bond donors (Lipinski definition) is 0. The third-order valence-corrected chi connectivity index (χ3v) is 3.10. The minimum atomic E-state index is -0.920. The predicted molar refractivity (Wildman–Crippen MR) is 60.8 cm³/mol. The monoisotopic (exact) mass is 236 g/mol. The zero-order valence-corrected chi connectivity index (χ0v) is 10.4. The summed E-state index contributed by atoms with van der Waals surface area (Å²) in [7, 11) is 0. The molecule has 1 aromatic heterocycles. The van der Waals surface area contributed by atoms with Crippen molar-refractivity contribution in [3.8, 4) is 0 Å². The molecule has 0 saturated carbocycles. The summed E-state index contributed by atoms with van der Waals surface area (Å²) in [6.45, 7) is 6.88. The Hall–Kier alpha value is -1.42. The molecule has 4 heteroatoms. The van der Waals surface area contributed by atoms with E-state index in [2.05, 4.69) is 0 Å². The van der Waals surface area contributed by atoms with Crippen LogP contribution in [0.4, 0.5) is 0 Å². The Labute approximate surface area is 99.9 Å². The molecule has 1 fully saturated rings. The molecule has 0 N–H and O–H groups in total. The highest BCUT2D eigenvalue weighted by Gasteiger charge is 2.57. The van der Waals surface area contributed by atoms with Crippen LogP contribution in [-0.2, 0) is 9.53 Å². The van der Waals surface area contributed by atoms with E-state index in [9.17, 15) is 9.59 Å². The second-order valence-corrected chi connectivity index (χ2v) is 5.35. The molecule has 0 amide bonds. The van der Waals surface area contributed by atoms with Crippen molar-refractivity contribution in [3.05, 3.63) is 24.2 Å². The lowest BCUT2D eigenvalue weighted by atomic mass is 9.82. The molecule has 0 bridgehead atoms. The number of rotatable bonds is 2. The average Bonchev–Trinajstić information content (AvgIpc) is 2.71. The smallest absolute Gasteiger partial charge is 0.211 e. The van der Waals surface area contributed by atoms with Crippen LogP contribution in [0.15, 0.2) is 22.8 Å². The predicted octanol–water partition coefficient (Wildman–Crippen LogP) is 2.24. The average molecular weight is 236 g/mol. The van der Waals surface area contributed by atoms with Crippen molar-refractivity contribution in [2.24, 2.45) is 5.92 Å². The van der Waals surface area contributed by atoms with E-state index < -0.39 is 17.1 Å². The van der Waals surface area contributed by atoms with Crippen molar-refractivity contribution in [2.45, 2.75) is 38.9 Å². The molecule has 0 spiro atoms. The quantitative estimate of drug-likeness (QED) is 0.583. The highest BCUT2D eigenvalue weighted by Crippen LogP contribution is 2.40. The molecular weight excluding hydrogens is 220 g/mol. The first kappa shape index (κ1) is 12.0. The first-order valence-corrected chi connectivity index (χ1v) is 5.58. The van der Waals surface area contributed by atoms with Gasteiger partial charge in [0, 0.05) is 0 Å². The minimum absolute atomic E-state index is 0.191. The Kier molecular flexibility index (Phi) is 2.51. The zero-order valence-electron chi connectivity index (χ0n) is 10.4. The molecule has 1 atom stereocenters. The summed E-state index contributed by atoms with van der Waals surface area (Å²) in [6.07, 6.45) is 1.42. The molecule has 4 nitrogen and oxygen atoms in total. The molecule has 1 unspecified atom stereocenters. The van der Waals surface area contributed by atoms with Gasteiger partial charge in [-0.2, -0.15) is 0 Å². The van der Waals surface area contributed by atoms with Gasteiger partial charge in [-0.25, -0.2) is 0 Å². The van der Waals surface area contributed by atoms with Crippen LogP contribution in [0, 0.1) is 5.92 Å². The number of carbonyl (C=O) groups is 2. The van der Waals surface area contributed by atoms with Crippen molar-refractivity contribution >= 4 is 11.6 Å². The van der Waals surface area contributed by atoms with Crippen LogP contribution in [0.25, 0.3) is 0 Å². The van der Waals surface area contributed by atoms with Gasteiger partial charge in [-0.3, -0.25) is 9.59 Å². The number of ether oxygens (including phenoxy) is 1. The number of carbonyl (C=O) groups excluding carboxylic acids is 2. The van der Waals surface area contributed by atoms with E-state index in [1.807, 2.05) is 0 Å². The van der Waals surface area contributed by atoms with Crippen LogP contribution in [0.1, 0.15) is 38.2 Å². The van der Waals surface area contributed by atoms with Crippen molar-refractivity contribution in [1.82, 2.24) is 0 Å². The van der Waals surface area contributed by atoms with Gasteiger partial charge in [0.15, 0.2) is 11.5 Å². The molecule has 1 aliphatic heterocycles. The van der Waals surface area contributed by atoms with E-state index in [1.165, 1.54) is 6.26 Å². The van der Waals surface area contributed by atoms with E-state index >= 15 is 0 Å². The van der Waals surface area contributed by atoms with Gasteiger partial charge < -0.3 is 9.15 Å². The summed E-state index contributed by atoms with van der Waals surface area (Å²) in [4.78, 5) is 24.4. The lowest BCUT2D eigenvalue weighted by molar-refractivity contribution is -0.132. The standard InChI is InChI=1S/C13H16O4/c1-12(2)9(11(15)13(3,4)17-12)10(14)8-6-5-7-16-8/h5-7,9H,1-4H3. The maximum Gasteiger partial charge on any atom is 0.211 e. The van der Waals surface area contributed by atoms with Gasteiger partial charge in [0.1, 0.15) is 11.5 Å². The molecular formula is C13H16O4. The second kappa shape index (κ2) is 3.53. The van der Waals surface area contributed by atoms with Crippen LogP contribution in [0.3, 0.4) is 0 Å². The fourth-order valence-electron chi connectivity index (χ4n) is 2.43. The van der Waals surface area contributed by atoms with Crippen molar-refractivity contribution < 1.29 is 18.7 Å². The van der Waals surface area contributed by atoms with Gasteiger partial charge in [-0.15, -0.1) is 0 Å². The Bertz CT molecular complexity index is 454. The lowest BCUT2D eigenvalue weighted by Gasteiger charge is -2.24. The molecule has 2 rings (SSSR count). The fourth-order valence-corrected chi connectivity index (χ4v) is 2.43. The second-order valence-electron chi connectivity index (χ2n) is 5.35. The molecule has 0 aliphatic carbocycles. The molecule has 17 heavy (non-hydrogen) atoms. The van der Waals surface area contributed by atoms with Crippen LogP contribution in [-0.4, -0.2) is 22.8 Å². The Morgan fingerprint density at radius 2 is 1.94 bits per heavy atom. The van der Waals surface area contributed by atoms with Gasteiger partial charge in [-0.1, -0.05) is 0 Å². The highest BCUT2D eigenvalue weighted by molar-refractivity contribution is 6.13. The van der Waals surface area contributed by atoms with E-state index in [0.717, 1.165) is 0 Å². The first-order chi connectivity index (χ1) is 7.76. The Morgan fingerprint density at radius 1 is 1.29 bits per heavy atom. The molecule has 1 aromatic rings. The lowest BCUT2D eigenvalue weighted by Crippen LogP contribution is -2.37. The maximum atomic E-state index is 12.2. The number of Topliss-reactive ketones (excluding diaryl/α,β-unsaturated/α-hetero) is 2. The van der Waals surface area contributed by atoms with Crippen molar-refractivity contribution in [1.29, 1.82) is 0 Å². The number of furan rings is 1. The van der Waals surface area contributed by atoms with Gasteiger partial charge in [0.25, 0.3) is 0 Å². The topological polar surface area (TPSA) is 56.5 Å². The molecule has 1 saturated heterocycles. The summed E-state index contributed by atoms with van der Waals surface area (Å²) in [5.74, 6) is -1.10. The summed E-state index contributed by atoms with van der Waals surface area (Å²) in [6, 6.07) is 3.20. The highest BCUT2D eigenvalue weighted by atomic mass is 16.5. The number of ketones is 2. The van der Waals surface area contributed by atoms with Gasteiger partial charge in [-0.05, 0) is 39.8 Å². The minimum Gasteiger partial charge on any atom is -0.461 e. The summed E-state index contributed by atoms with van der Waals surface area (Å²) >= 11 is 0. The van der Waals surface area contributed by atoms with Crippen LogP contribution in [0.2, 0.25) is 0 Å². The first-order valence-electron chi connectivity index (χ1n) is 5.58. The maximum absolute atomic E-state index is 12.2. The van der Waals surface area contributed by atoms with Crippen molar-refractivity contribution in [3.63, 3.8) is 0 Å². The fraction of sp³-hybridized carbons (Fsp3) is 0.538. The summed E-state index contributed by atoms with van der Waals surface area (Å²) < 4.78 is 10.7. The summed E-state index contributed by atoms with van der Waals surface area (Å²) in [5.41, 5.74) is -1.72. The molecule has 0 aromatic carbocycles. The SMILES string of the molecule is CC1(C)OC(C)(C)C(C(=O)c2ccco2)C1=O. The van der Waals surface area contributed by atoms with Crippen molar-refractivity contribution in [2.75, 3.05) is 0 Å². The van der Waals surface area contributed by atoms with Crippen LogP contribution >= 0.6 is 0 Å².